The lowest BCUT2D eigenvalue weighted by Gasteiger charge is -2.40. The van der Waals surface area contributed by atoms with Crippen molar-refractivity contribution in [3.63, 3.8) is 0 Å². The summed E-state index contributed by atoms with van der Waals surface area (Å²) in [6.45, 7) is 6.50. The van der Waals surface area contributed by atoms with Crippen molar-refractivity contribution in [1.29, 1.82) is 0 Å². The van der Waals surface area contributed by atoms with Gasteiger partial charge in [0.05, 0.1) is 6.10 Å². The van der Waals surface area contributed by atoms with Crippen LogP contribution in [0.2, 0.25) is 0 Å². The normalized spacial score (nSPS) is 18.6. The van der Waals surface area contributed by atoms with Crippen LogP contribution in [-0.4, -0.2) is 28.6 Å². The Balaban J connectivity index is 2.01. The zero-order chi connectivity index (χ0) is 14.2. The van der Waals surface area contributed by atoms with Gasteiger partial charge < -0.3 is 5.11 Å². The molecule has 1 aliphatic heterocycles. The van der Waals surface area contributed by atoms with Crippen molar-refractivity contribution in [1.82, 2.24) is 4.90 Å². The number of benzene rings is 2. The number of aliphatic hydroxyl groups excluding tert-OH is 1. The molecule has 2 heteroatoms. The van der Waals surface area contributed by atoms with Gasteiger partial charge in [0.25, 0.3) is 0 Å². The molecule has 1 aliphatic rings. The Morgan fingerprint density at radius 3 is 2.40 bits per heavy atom. The summed E-state index contributed by atoms with van der Waals surface area (Å²) in [6.07, 6.45) is 2.02. The molecule has 20 heavy (non-hydrogen) atoms. The van der Waals surface area contributed by atoms with Crippen LogP contribution in [0.15, 0.2) is 42.5 Å². The molecule has 2 aromatic rings. The monoisotopic (exact) mass is 269 g/mol. The maximum Gasteiger partial charge on any atom is 0.0974 e. The van der Waals surface area contributed by atoms with Gasteiger partial charge in [-0.3, -0.25) is 4.90 Å². The minimum atomic E-state index is -0.466. The van der Waals surface area contributed by atoms with E-state index in [0.717, 1.165) is 24.0 Å². The van der Waals surface area contributed by atoms with E-state index in [9.17, 15) is 5.11 Å². The van der Waals surface area contributed by atoms with Crippen molar-refractivity contribution in [2.75, 3.05) is 13.1 Å². The average molecular weight is 269 g/mol. The first-order valence-corrected chi connectivity index (χ1v) is 7.51. The van der Waals surface area contributed by atoms with Crippen molar-refractivity contribution in [3.05, 3.63) is 48.0 Å². The number of nitrogens with zero attached hydrogens (tertiary/aromatic N) is 1. The van der Waals surface area contributed by atoms with Gasteiger partial charge in [-0.05, 0) is 56.1 Å². The van der Waals surface area contributed by atoms with Gasteiger partial charge in [-0.25, -0.2) is 0 Å². The van der Waals surface area contributed by atoms with Crippen LogP contribution < -0.4 is 0 Å². The quantitative estimate of drug-likeness (QED) is 0.917. The Bertz CT molecular complexity index is 594. The van der Waals surface area contributed by atoms with E-state index in [2.05, 4.69) is 43.0 Å². The summed E-state index contributed by atoms with van der Waals surface area (Å²) < 4.78 is 0. The van der Waals surface area contributed by atoms with Crippen molar-refractivity contribution < 1.29 is 5.11 Å². The third-order valence-corrected chi connectivity index (χ3v) is 4.71. The maximum atomic E-state index is 11.0. The van der Waals surface area contributed by atoms with Gasteiger partial charge in [-0.2, -0.15) is 0 Å². The molecule has 106 valence electrons. The molecule has 1 atom stereocenters. The van der Waals surface area contributed by atoms with Crippen LogP contribution in [0.5, 0.6) is 0 Å². The average Bonchev–Trinajstić information content (AvgIpc) is 3.01. The first kappa shape index (κ1) is 13.6. The minimum absolute atomic E-state index is 0.222. The predicted molar refractivity (Wildman–Crippen MR) is 83.8 cm³/mol. The number of likely N-dealkylation sites (tertiary alicyclic amines) is 1. The van der Waals surface area contributed by atoms with Crippen LogP contribution in [0.3, 0.4) is 0 Å². The van der Waals surface area contributed by atoms with E-state index >= 15 is 0 Å². The molecule has 0 radical (unpaired) electrons. The zero-order valence-corrected chi connectivity index (χ0v) is 12.3. The first-order valence-electron chi connectivity index (χ1n) is 7.51. The molecule has 0 amide bonds. The summed E-state index contributed by atoms with van der Waals surface area (Å²) >= 11 is 0. The lowest BCUT2D eigenvalue weighted by molar-refractivity contribution is 0.00218. The summed E-state index contributed by atoms with van der Waals surface area (Å²) in [6, 6.07) is 14.5. The number of fused-ring (bicyclic) bond motifs is 1. The Hall–Kier alpha value is -1.38. The number of rotatable bonds is 3. The second kappa shape index (κ2) is 5.19. The van der Waals surface area contributed by atoms with Crippen LogP contribution in [0, 0.1) is 0 Å². The molecule has 0 spiro atoms. The third kappa shape index (κ3) is 2.23. The van der Waals surface area contributed by atoms with Crippen LogP contribution in [0.25, 0.3) is 10.8 Å². The molecule has 0 saturated carbocycles. The van der Waals surface area contributed by atoms with Crippen molar-refractivity contribution in [2.24, 2.45) is 0 Å². The van der Waals surface area contributed by atoms with Crippen molar-refractivity contribution >= 4 is 10.8 Å². The second-order valence-electron chi connectivity index (χ2n) is 6.32. The van der Waals surface area contributed by atoms with Gasteiger partial charge in [0.15, 0.2) is 0 Å². The third-order valence-electron chi connectivity index (χ3n) is 4.71. The molecule has 2 aromatic carbocycles. The molecule has 1 heterocycles. The summed E-state index contributed by atoms with van der Waals surface area (Å²) in [7, 11) is 0. The van der Waals surface area contributed by atoms with E-state index in [-0.39, 0.29) is 5.54 Å². The van der Waals surface area contributed by atoms with Crippen molar-refractivity contribution in [2.45, 2.75) is 38.3 Å². The SMILES string of the molecule is CC(C)(C(O)c1cccc2ccccc12)N1CCCC1. The van der Waals surface area contributed by atoms with E-state index in [1.54, 1.807) is 0 Å². The molecule has 1 fully saturated rings. The highest BCUT2D eigenvalue weighted by atomic mass is 16.3. The van der Waals surface area contributed by atoms with Crippen LogP contribution >= 0.6 is 0 Å². The topological polar surface area (TPSA) is 23.5 Å². The van der Waals surface area contributed by atoms with Crippen molar-refractivity contribution in [3.8, 4) is 0 Å². The fraction of sp³-hybridized carbons (Fsp3) is 0.444. The van der Waals surface area contributed by atoms with Crippen LogP contribution in [0.1, 0.15) is 38.4 Å². The Kier molecular flexibility index (Phi) is 3.53. The van der Waals surface area contributed by atoms with Gasteiger partial charge in [0.1, 0.15) is 0 Å². The highest BCUT2D eigenvalue weighted by molar-refractivity contribution is 5.86. The number of hydrogen-bond donors (Lipinski definition) is 1. The van der Waals surface area contributed by atoms with E-state index in [4.69, 9.17) is 0 Å². The lowest BCUT2D eigenvalue weighted by Crippen LogP contribution is -2.46. The molecule has 3 rings (SSSR count). The number of hydrogen-bond acceptors (Lipinski definition) is 2. The largest absolute Gasteiger partial charge is 0.386 e. The standard InChI is InChI=1S/C18H23NO/c1-18(2,19-12-5-6-13-19)17(20)16-11-7-9-14-8-3-4-10-15(14)16/h3-4,7-11,17,20H,5-6,12-13H2,1-2H3. The molecular weight excluding hydrogens is 246 g/mol. The molecule has 2 nitrogen and oxygen atoms in total. The Morgan fingerprint density at radius 1 is 1.00 bits per heavy atom. The predicted octanol–water partition coefficient (Wildman–Crippen LogP) is 3.75. The summed E-state index contributed by atoms with van der Waals surface area (Å²) in [4.78, 5) is 2.42. The molecular formula is C18H23NO. The second-order valence-corrected chi connectivity index (χ2v) is 6.32. The highest BCUT2D eigenvalue weighted by Crippen LogP contribution is 2.36. The number of aliphatic hydroxyl groups is 1. The van der Waals surface area contributed by atoms with Gasteiger partial charge in [0.2, 0.25) is 0 Å². The Labute approximate surface area is 121 Å². The fourth-order valence-corrected chi connectivity index (χ4v) is 3.34. The molecule has 0 aliphatic carbocycles. The smallest absolute Gasteiger partial charge is 0.0974 e. The van der Waals surface area contributed by atoms with E-state index in [1.807, 2.05) is 18.2 Å². The minimum Gasteiger partial charge on any atom is -0.386 e. The zero-order valence-electron chi connectivity index (χ0n) is 12.3. The lowest BCUT2D eigenvalue weighted by atomic mass is 9.87. The first-order chi connectivity index (χ1) is 9.60. The summed E-state index contributed by atoms with van der Waals surface area (Å²) in [5, 5.41) is 13.3. The van der Waals surface area contributed by atoms with E-state index < -0.39 is 6.10 Å². The van der Waals surface area contributed by atoms with Gasteiger partial charge >= 0.3 is 0 Å². The van der Waals surface area contributed by atoms with Gasteiger partial charge in [0, 0.05) is 5.54 Å². The molecule has 1 N–H and O–H groups in total. The van der Waals surface area contributed by atoms with E-state index in [0.29, 0.717) is 0 Å². The maximum absolute atomic E-state index is 11.0. The van der Waals surface area contributed by atoms with Crippen LogP contribution in [-0.2, 0) is 0 Å². The van der Waals surface area contributed by atoms with Crippen LogP contribution in [0.4, 0.5) is 0 Å². The molecule has 1 unspecified atom stereocenters. The molecule has 1 saturated heterocycles. The summed E-state index contributed by atoms with van der Waals surface area (Å²) in [5.41, 5.74) is 0.820. The fourth-order valence-electron chi connectivity index (χ4n) is 3.34. The van der Waals surface area contributed by atoms with E-state index in [1.165, 1.54) is 18.2 Å². The summed E-state index contributed by atoms with van der Waals surface area (Å²) in [5.74, 6) is 0. The van der Waals surface area contributed by atoms with Gasteiger partial charge in [-0.1, -0.05) is 42.5 Å². The molecule has 0 aromatic heterocycles. The van der Waals surface area contributed by atoms with Gasteiger partial charge in [-0.15, -0.1) is 0 Å². The molecule has 0 bridgehead atoms. The highest BCUT2D eigenvalue weighted by Gasteiger charge is 2.37. The Morgan fingerprint density at radius 2 is 1.65 bits per heavy atom.